The zero-order chi connectivity index (χ0) is 38.6. The van der Waals surface area contributed by atoms with Crippen molar-refractivity contribution in [2.75, 3.05) is 33.9 Å². The van der Waals surface area contributed by atoms with Crippen LogP contribution in [-0.4, -0.2) is 90.6 Å². The Morgan fingerprint density at radius 2 is 1.87 bits per heavy atom. The molecule has 5 aliphatic rings. The maximum Gasteiger partial charge on any atom is 0.415 e. The van der Waals surface area contributed by atoms with Crippen molar-refractivity contribution in [2.45, 2.75) is 81.8 Å². The summed E-state index contributed by atoms with van der Waals surface area (Å²) in [6.45, 7) is 10.8. The van der Waals surface area contributed by atoms with Crippen molar-refractivity contribution >= 4 is 17.8 Å². The number of benzene rings is 2. The second-order valence-corrected chi connectivity index (χ2v) is 15.6. The number of carbonyl (C=O) groups excluding carboxylic acids is 3. The molecule has 3 N–H and O–H groups in total. The average molecular weight is 743 g/mol. The molecule has 2 heterocycles. The van der Waals surface area contributed by atoms with Gasteiger partial charge in [-0.05, 0) is 91.6 Å². The number of ketones is 1. The van der Waals surface area contributed by atoms with Crippen LogP contribution in [0.15, 0.2) is 84.0 Å². The molecule has 0 spiro atoms. The van der Waals surface area contributed by atoms with Gasteiger partial charge >= 0.3 is 12.1 Å². The largest absolute Gasteiger partial charge is 0.493 e. The molecule has 0 aromatic heterocycles. The zero-order valence-electron chi connectivity index (χ0n) is 31.6. The first kappa shape index (κ1) is 38.0. The van der Waals surface area contributed by atoms with Crippen molar-refractivity contribution in [2.24, 2.45) is 23.5 Å². The van der Waals surface area contributed by atoms with Gasteiger partial charge in [0.25, 0.3) is 5.97 Å². The number of hydrogen-bond acceptors (Lipinski definition) is 11. The molecule has 2 aromatic carbocycles. The van der Waals surface area contributed by atoms with Crippen LogP contribution in [0.5, 0.6) is 11.5 Å². The van der Waals surface area contributed by atoms with Gasteiger partial charge in [-0.15, -0.1) is 0 Å². The monoisotopic (exact) mass is 742 g/mol. The predicted octanol–water partition coefficient (Wildman–Crippen LogP) is 4.82. The number of amides is 1. The highest BCUT2D eigenvalue weighted by Crippen LogP contribution is 2.68. The quantitative estimate of drug-likeness (QED) is 0.227. The molecule has 12 nitrogen and oxygen atoms in total. The number of rotatable bonds is 12. The molecule has 7 rings (SSSR count). The Morgan fingerprint density at radius 1 is 1.11 bits per heavy atom. The Bertz CT molecular complexity index is 1910. The van der Waals surface area contributed by atoms with E-state index in [0.29, 0.717) is 55.5 Å². The lowest BCUT2D eigenvalue weighted by Gasteiger charge is -2.59. The number of nitrogens with zero attached hydrogens (tertiary/aromatic N) is 1. The highest BCUT2D eigenvalue weighted by atomic mass is 16.9. The minimum Gasteiger partial charge on any atom is -0.493 e. The van der Waals surface area contributed by atoms with Crippen LogP contribution in [0.25, 0.3) is 0 Å². The molecule has 54 heavy (non-hydrogen) atoms. The Hall–Kier alpha value is -4.33. The molecule has 8 atom stereocenters. The van der Waals surface area contributed by atoms with Crippen LogP contribution in [0.2, 0.25) is 0 Å². The lowest BCUT2D eigenvalue weighted by molar-refractivity contribution is -0.425. The van der Waals surface area contributed by atoms with E-state index in [-0.39, 0.29) is 36.4 Å². The number of ether oxygens (including phenoxy) is 6. The smallest absolute Gasteiger partial charge is 0.415 e. The lowest BCUT2D eigenvalue weighted by atomic mass is 9.54. The van der Waals surface area contributed by atoms with E-state index < -0.39 is 52.6 Å². The summed E-state index contributed by atoms with van der Waals surface area (Å²) in [6.07, 6.45) is 4.07. The van der Waals surface area contributed by atoms with Crippen molar-refractivity contribution in [1.82, 2.24) is 4.90 Å². The second kappa shape index (κ2) is 14.1. The Kier molecular flexibility index (Phi) is 9.89. The molecular weight excluding hydrogens is 692 g/mol. The summed E-state index contributed by atoms with van der Waals surface area (Å²) in [7, 11) is 3.07. The number of esters is 1. The minimum absolute atomic E-state index is 0.103. The molecule has 2 saturated heterocycles. The van der Waals surface area contributed by atoms with Gasteiger partial charge in [-0.3, -0.25) is 9.59 Å². The van der Waals surface area contributed by atoms with E-state index >= 15 is 0 Å². The van der Waals surface area contributed by atoms with Crippen molar-refractivity contribution < 1.29 is 47.9 Å². The second-order valence-electron chi connectivity index (χ2n) is 15.6. The SMILES string of the molecule is C=C(C)[C@]12C[C@@H](C)[C@@]34O[C@](Cc5ccccc5)(O[C@@H]1[C@@H]3CC(COC(=O)Cc1ccc(OC(=O)N(C)CCCN)c(OC)c1)=C[C@]1(O)C(=O)C(C)=C[C@@H]41)O2. The van der Waals surface area contributed by atoms with E-state index in [1.165, 1.54) is 12.0 Å². The normalized spacial score (nSPS) is 33.2. The summed E-state index contributed by atoms with van der Waals surface area (Å²) in [4.78, 5) is 41.2. The lowest BCUT2D eigenvalue weighted by Crippen LogP contribution is -2.70. The van der Waals surface area contributed by atoms with Gasteiger partial charge in [0.2, 0.25) is 0 Å². The molecule has 1 amide bonds. The molecular formula is C42H50N2O10. The van der Waals surface area contributed by atoms with Crippen molar-refractivity contribution in [1.29, 1.82) is 0 Å². The fourth-order valence-electron chi connectivity index (χ4n) is 9.43. The van der Waals surface area contributed by atoms with Gasteiger partial charge in [0.15, 0.2) is 22.9 Å². The highest BCUT2D eigenvalue weighted by molar-refractivity contribution is 6.06. The average Bonchev–Trinajstić information content (AvgIpc) is 3.45. The first-order chi connectivity index (χ1) is 25.7. The first-order valence-corrected chi connectivity index (χ1v) is 18.6. The van der Waals surface area contributed by atoms with Gasteiger partial charge in [-0.25, -0.2) is 4.79 Å². The van der Waals surface area contributed by atoms with Crippen molar-refractivity contribution in [3.63, 3.8) is 0 Å². The van der Waals surface area contributed by atoms with Crippen LogP contribution in [0, 0.1) is 17.8 Å². The van der Waals surface area contributed by atoms with Crippen molar-refractivity contribution in [3.8, 4) is 11.5 Å². The maximum absolute atomic E-state index is 13.9. The van der Waals surface area contributed by atoms with Crippen LogP contribution in [0.4, 0.5) is 4.79 Å². The van der Waals surface area contributed by atoms with E-state index in [2.05, 4.69) is 13.5 Å². The molecule has 288 valence electrons. The number of hydrogen-bond donors (Lipinski definition) is 2. The van der Waals surface area contributed by atoms with Gasteiger partial charge in [0.1, 0.15) is 18.3 Å². The van der Waals surface area contributed by atoms with Crippen LogP contribution >= 0.6 is 0 Å². The fourth-order valence-corrected chi connectivity index (χ4v) is 9.43. The van der Waals surface area contributed by atoms with Crippen LogP contribution < -0.4 is 15.2 Å². The molecule has 1 saturated carbocycles. The standard InChI is InChI=1S/C42H50N2O10/c1-25(2)40-21-27(4)42-31(37(40)52-41(53-40,54-42)23-28-11-8-7-9-12-28)18-30(22-39(48)34(42)17-26(3)36(39)46)24-50-35(45)20-29-13-14-32(33(19-29)49-6)51-38(47)44(5)16-10-15-43/h7-9,11-14,17,19,22,27,31,34,37,48H,1,10,15-16,18,20-21,23-24,43H2,2-6H3/t27-,31+,34-,37-,39-,40-,41-,42-/m1/s1. The number of carbonyl (C=O) groups is 3. The summed E-state index contributed by atoms with van der Waals surface area (Å²) in [5.74, 6) is -3.21. The summed E-state index contributed by atoms with van der Waals surface area (Å²) >= 11 is 0. The number of aliphatic hydroxyl groups is 1. The van der Waals surface area contributed by atoms with Crippen LogP contribution in [0.3, 0.4) is 0 Å². The Morgan fingerprint density at radius 3 is 2.57 bits per heavy atom. The van der Waals surface area contributed by atoms with Crippen LogP contribution in [0.1, 0.15) is 51.2 Å². The molecule has 12 heteroatoms. The molecule has 2 aromatic rings. The van der Waals surface area contributed by atoms with Gasteiger partial charge in [-0.2, -0.15) is 0 Å². The Labute approximate surface area is 315 Å². The van der Waals surface area contributed by atoms with E-state index in [1.54, 1.807) is 38.2 Å². The zero-order valence-corrected chi connectivity index (χ0v) is 31.6. The third kappa shape index (κ3) is 6.18. The third-order valence-corrected chi connectivity index (χ3v) is 12.0. The number of fused-ring (bicyclic) bond motifs is 2. The van der Waals surface area contributed by atoms with Gasteiger partial charge in [0.05, 0.1) is 25.6 Å². The molecule has 0 unspecified atom stereocenters. The predicted molar refractivity (Wildman–Crippen MR) is 197 cm³/mol. The van der Waals surface area contributed by atoms with Gasteiger partial charge in [0, 0.05) is 25.4 Å². The fraction of sp³-hybridized carbons (Fsp3) is 0.500. The minimum atomic E-state index is -1.93. The van der Waals surface area contributed by atoms with E-state index in [1.807, 2.05) is 43.3 Å². The topological polar surface area (TPSA) is 156 Å². The molecule has 0 radical (unpaired) electrons. The van der Waals surface area contributed by atoms with E-state index in [4.69, 9.17) is 34.2 Å². The molecule has 3 bridgehead atoms. The molecule has 3 fully saturated rings. The maximum atomic E-state index is 13.9. The van der Waals surface area contributed by atoms with E-state index in [0.717, 1.165) is 11.1 Å². The van der Waals surface area contributed by atoms with E-state index in [9.17, 15) is 19.5 Å². The molecule has 2 aliphatic heterocycles. The third-order valence-electron chi connectivity index (χ3n) is 12.0. The summed E-state index contributed by atoms with van der Waals surface area (Å²) in [5.41, 5.74) is 5.07. The highest BCUT2D eigenvalue weighted by Gasteiger charge is 2.79. The van der Waals surface area contributed by atoms with Gasteiger partial charge in [-0.1, -0.05) is 56.0 Å². The van der Waals surface area contributed by atoms with Crippen LogP contribution in [-0.2, 0) is 41.4 Å². The van der Waals surface area contributed by atoms with Crippen molar-refractivity contribution in [3.05, 3.63) is 95.1 Å². The summed E-state index contributed by atoms with van der Waals surface area (Å²) in [5, 5.41) is 12.5. The molecule has 3 aliphatic carbocycles. The number of methoxy groups -OCH3 is 1. The first-order valence-electron chi connectivity index (χ1n) is 18.6. The summed E-state index contributed by atoms with van der Waals surface area (Å²) < 4.78 is 37.8. The number of Topliss-reactive ketones (excluding diaryl/α,β-unsaturated/α-hetero) is 1. The Balaban J connectivity index is 1.14. The summed E-state index contributed by atoms with van der Waals surface area (Å²) in [6, 6.07) is 14.7. The number of nitrogens with two attached hydrogens (primary N) is 1. The van der Waals surface area contributed by atoms with Gasteiger partial charge < -0.3 is 44.2 Å².